The number of hydrogen-bond donors (Lipinski definition) is 0. The predicted octanol–water partition coefficient (Wildman–Crippen LogP) is 5.13. The molecule has 0 amide bonds. The summed E-state index contributed by atoms with van der Waals surface area (Å²) in [4.78, 5) is 18.4. The number of thiazole rings is 1. The Balaban J connectivity index is 2.55. The molecule has 158 valence electrons. The molecule has 0 saturated carbocycles. The van der Waals surface area contributed by atoms with Crippen molar-refractivity contribution in [2.75, 3.05) is 7.11 Å². The molecule has 0 unspecified atom stereocenters. The van der Waals surface area contributed by atoms with Crippen LogP contribution in [0.5, 0.6) is 5.75 Å². The number of ether oxygens (including phenoxy) is 2. The summed E-state index contributed by atoms with van der Waals surface area (Å²) in [5, 5.41) is 0.559. The van der Waals surface area contributed by atoms with Crippen LogP contribution >= 0.6 is 35.2 Å². The first-order chi connectivity index (χ1) is 13.3. The molecule has 2 rings (SSSR count). The third-order valence-corrected chi connectivity index (χ3v) is 6.01. The first kappa shape index (κ1) is 23.6. The molecule has 0 aliphatic rings. The van der Waals surface area contributed by atoms with Gasteiger partial charge in [-0.1, -0.05) is 44.6 Å². The number of methoxy groups -OCH3 is 1. The van der Waals surface area contributed by atoms with Gasteiger partial charge in [-0.05, 0) is 37.5 Å². The summed E-state index contributed by atoms with van der Waals surface area (Å²) in [5.74, 6) is 0.294. The van der Waals surface area contributed by atoms with Crippen LogP contribution in [-0.2, 0) is 21.5 Å². The highest BCUT2D eigenvalue weighted by Gasteiger charge is 2.25. The third-order valence-electron chi connectivity index (χ3n) is 4.02. The fraction of sp³-hybridized carbons (Fsp3) is 0.476. The van der Waals surface area contributed by atoms with Crippen LogP contribution in [0.1, 0.15) is 52.0 Å². The summed E-state index contributed by atoms with van der Waals surface area (Å²) in [6.45, 7) is 12.0. The Labute approximate surface area is 186 Å². The van der Waals surface area contributed by atoms with E-state index in [1.807, 2.05) is 24.6 Å². The maximum Gasteiger partial charge on any atom is 0.303 e. The van der Waals surface area contributed by atoms with Gasteiger partial charge in [0.25, 0.3) is 0 Å². The molecule has 5 nitrogen and oxygen atoms in total. The van der Waals surface area contributed by atoms with Gasteiger partial charge in [0.15, 0.2) is 4.80 Å². The van der Waals surface area contributed by atoms with Crippen molar-refractivity contribution in [3.8, 4) is 5.75 Å². The Bertz CT molecular complexity index is 985. The highest BCUT2D eigenvalue weighted by Crippen LogP contribution is 2.27. The number of carbonyl (C=O) groups is 1. The van der Waals surface area contributed by atoms with Gasteiger partial charge in [-0.3, -0.25) is 4.79 Å². The average Bonchev–Trinajstić information content (AvgIpc) is 2.95. The van der Waals surface area contributed by atoms with Crippen molar-refractivity contribution in [3.05, 3.63) is 44.7 Å². The van der Waals surface area contributed by atoms with Crippen LogP contribution in [0.2, 0.25) is 5.02 Å². The number of hydrogen-bond acceptors (Lipinski definition) is 5. The molecule has 0 saturated heterocycles. The summed E-state index contributed by atoms with van der Waals surface area (Å²) in [6.07, 6.45) is 2.05. The van der Waals surface area contributed by atoms with E-state index in [2.05, 4.69) is 20.8 Å². The number of carbonyl (C=O) groups excluding carboxylic acids is 1. The molecule has 0 N–H and O–H groups in total. The summed E-state index contributed by atoms with van der Waals surface area (Å²) >= 11 is 13.3. The van der Waals surface area contributed by atoms with E-state index < -0.39 is 5.60 Å². The molecule has 0 fully saturated rings. The van der Waals surface area contributed by atoms with E-state index in [1.54, 1.807) is 36.6 Å². The Morgan fingerprint density at radius 1 is 1.28 bits per heavy atom. The molecule has 0 atom stereocenters. The van der Waals surface area contributed by atoms with Gasteiger partial charge in [0.2, 0.25) is 0 Å². The quantitative estimate of drug-likeness (QED) is 0.464. The van der Waals surface area contributed by atoms with Gasteiger partial charge < -0.3 is 14.0 Å². The Morgan fingerprint density at radius 3 is 2.48 bits per heavy atom. The molecular weight excluding hydrogens is 428 g/mol. The lowest BCUT2D eigenvalue weighted by atomic mass is 9.95. The number of halogens is 1. The zero-order valence-electron chi connectivity index (χ0n) is 17.8. The zero-order valence-corrected chi connectivity index (χ0v) is 20.2. The fourth-order valence-electron chi connectivity index (χ4n) is 2.75. The largest absolute Gasteiger partial charge is 0.496 e. The van der Waals surface area contributed by atoms with E-state index in [-0.39, 0.29) is 11.4 Å². The second kappa shape index (κ2) is 8.98. The number of thiocarbonyl (C=S) groups is 1. The minimum Gasteiger partial charge on any atom is -0.496 e. The summed E-state index contributed by atoms with van der Waals surface area (Å²) in [6, 6.07) is 5.27. The van der Waals surface area contributed by atoms with Gasteiger partial charge in [-0.25, -0.2) is 4.99 Å². The SMILES string of the molecule is COc1ccc(Cl)cc1C(=S)/N=c1\sc(C(C)(C)C)cn1CC(C)(C)OC(C)=O. The standard InChI is InChI=1S/C21H27ClN2O3S2/c1-13(25)27-21(5,6)12-24-11-17(20(2,3)4)29-19(24)23-18(28)15-10-14(22)8-9-16(15)26-7/h8-11H,12H2,1-7H3/b23-19-. The normalized spacial score (nSPS) is 12.8. The van der Waals surface area contributed by atoms with Crippen LogP contribution in [0.3, 0.4) is 0 Å². The number of benzene rings is 1. The molecule has 0 spiro atoms. The smallest absolute Gasteiger partial charge is 0.303 e. The van der Waals surface area contributed by atoms with Gasteiger partial charge in [0.05, 0.1) is 19.2 Å². The van der Waals surface area contributed by atoms with Crippen molar-refractivity contribution < 1.29 is 14.3 Å². The summed E-state index contributed by atoms with van der Waals surface area (Å²) < 4.78 is 12.9. The van der Waals surface area contributed by atoms with Crippen molar-refractivity contribution in [2.45, 2.75) is 59.1 Å². The lowest BCUT2D eigenvalue weighted by Gasteiger charge is -2.25. The number of nitrogens with zero attached hydrogens (tertiary/aromatic N) is 2. The Morgan fingerprint density at radius 2 is 1.93 bits per heavy atom. The summed E-state index contributed by atoms with van der Waals surface area (Å²) in [5.41, 5.74) is -0.0838. The number of aromatic nitrogens is 1. The molecule has 2 aromatic rings. The molecule has 8 heteroatoms. The molecular formula is C21H27ClN2O3S2. The van der Waals surface area contributed by atoms with Crippen LogP contribution in [0, 0.1) is 0 Å². The lowest BCUT2D eigenvalue weighted by Crippen LogP contribution is -2.35. The average molecular weight is 455 g/mol. The van der Waals surface area contributed by atoms with Crippen LogP contribution < -0.4 is 9.54 Å². The van der Waals surface area contributed by atoms with Crippen LogP contribution in [0.4, 0.5) is 0 Å². The lowest BCUT2D eigenvalue weighted by molar-refractivity contribution is -0.154. The van der Waals surface area contributed by atoms with E-state index >= 15 is 0 Å². The predicted molar refractivity (Wildman–Crippen MR) is 122 cm³/mol. The van der Waals surface area contributed by atoms with Crippen LogP contribution in [0.25, 0.3) is 0 Å². The topological polar surface area (TPSA) is 52.8 Å². The van der Waals surface area contributed by atoms with Gasteiger partial charge >= 0.3 is 5.97 Å². The maximum absolute atomic E-state index is 11.5. The second-order valence-electron chi connectivity index (χ2n) is 8.37. The molecule has 29 heavy (non-hydrogen) atoms. The second-order valence-corrected chi connectivity index (χ2v) is 10.2. The maximum atomic E-state index is 11.5. The monoisotopic (exact) mass is 454 g/mol. The van der Waals surface area contributed by atoms with Crippen molar-refractivity contribution in [1.82, 2.24) is 4.57 Å². The zero-order chi connectivity index (χ0) is 22.0. The van der Waals surface area contributed by atoms with Gasteiger partial charge in [-0.2, -0.15) is 0 Å². The number of esters is 1. The molecule has 1 heterocycles. The molecule has 0 radical (unpaired) electrons. The minimum absolute atomic E-state index is 0.0544. The van der Waals surface area contributed by atoms with Crippen LogP contribution in [-0.4, -0.2) is 28.2 Å². The Hall–Kier alpha value is -1.70. The minimum atomic E-state index is -0.688. The number of rotatable bonds is 5. The van der Waals surface area contributed by atoms with Crippen molar-refractivity contribution in [1.29, 1.82) is 0 Å². The molecule has 1 aromatic heterocycles. The van der Waals surface area contributed by atoms with E-state index in [0.29, 0.717) is 27.9 Å². The molecule has 0 bridgehead atoms. The van der Waals surface area contributed by atoms with E-state index in [1.165, 1.54) is 6.92 Å². The first-order valence-electron chi connectivity index (χ1n) is 9.15. The Kier molecular flexibility index (Phi) is 7.30. The van der Waals surface area contributed by atoms with E-state index in [0.717, 1.165) is 9.68 Å². The first-order valence-corrected chi connectivity index (χ1v) is 10.8. The fourth-order valence-corrected chi connectivity index (χ4v) is 4.28. The van der Waals surface area contributed by atoms with Gasteiger partial charge in [0, 0.05) is 23.0 Å². The highest BCUT2D eigenvalue weighted by atomic mass is 35.5. The third kappa shape index (κ3) is 6.39. The van der Waals surface area contributed by atoms with Crippen molar-refractivity contribution in [2.24, 2.45) is 4.99 Å². The molecule has 0 aliphatic heterocycles. The molecule has 0 aliphatic carbocycles. The van der Waals surface area contributed by atoms with Gasteiger partial charge in [0.1, 0.15) is 16.3 Å². The highest BCUT2D eigenvalue weighted by molar-refractivity contribution is 7.80. The van der Waals surface area contributed by atoms with E-state index in [4.69, 9.17) is 38.3 Å². The van der Waals surface area contributed by atoms with E-state index in [9.17, 15) is 4.79 Å². The summed E-state index contributed by atoms with van der Waals surface area (Å²) in [7, 11) is 1.58. The van der Waals surface area contributed by atoms with Crippen LogP contribution in [0.15, 0.2) is 29.4 Å². The van der Waals surface area contributed by atoms with Crippen molar-refractivity contribution in [3.63, 3.8) is 0 Å². The molecule has 1 aromatic carbocycles. The van der Waals surface area contributed by atoms with Gasteiger partial charge in [-0.15, -0.1) is 11.3 Å². The van der Waals surface area contributed by atoms with Crippen molar-refractivity contribution >= 4 is 46.1 Å².